The number of rotatable bonds is 0. The van der Waals surface area contributed by atoms with Crippen LogP contribution in [0.1, 0.15) is 16.7 Å². The Bertz CT molecular complexity index is 258. The molecule has 2 rings (SSSR count). The molecule has 0 fully saturated rings. The van der Waals surface area contributed by atoms with Gasteiger partial charge >= 0.3 is 0 Å². The summed E-state index contributed by atoms with van der Waals surface area (Å²) in [5.41, 5.74) is 4.17. The molecule has 12 heavy (non-hydrogen) atoms. The van der Waals surface area contributed by atoms with Gasteiger partial charge in [0.25, 0.3) is 0 Å². The molecule has 0 saturated carbocycles. The Morgan fingerprint density at radius 2 is 1.83 bits per heavy atom. The van der Waals surface area contributed by atoms with Gasteiger partial charge in [-0.25, -0.2) is 0 Å². The summed E-state index contributed by atoms with van der Waals surface area (Å²) in [6, 6.07) is 6.56. The van der Waals surface area contributed by atoms with Crippen molar-refractivity contribution in [2.24, 2.45) is 0 Å². The standard InChI is InChI=1S/C9H10N.CH3.Y/c1-7-2-3-8-5-10-6-9(8)4-7;;/h2-4H,5-6H2,1H3;1H3;/q2*-1;. The van der Waals surface area contributed by atoms with Gasteiger partial charge in [0, 0.05) is 32.7 Å². The first-order valence-corrected chi connectivity index (χ1v) is 3.58. The van der Waals surface area contributed by atoms with Crippen molar-refractivity contribution < 1.29 is 32.7 Å². The molecule has 0 unspecified atom stereocenters. The molecule has 0 N–H and O–H groups in total. The first-order chi connectivity index (χ1) is 4.86. The monoisotopic (exact) mass is 236 g/mol. The number of fused-ring (bicyclic) bond motifs is 1. The van der Waals surface area contributed by atoms with Gasteiger partial charge in [0.2, 0.25) is 0 Å². The summed E-state index contributed by atoms with van der Waals surface area (Å²) in [5, 5.41) is 4.29. The van der Waals surface area contributed by atoms with Crippen LogP contribution in [0.3, 0.4) is 0 Å². The largest absolute Gasteiger partial charge is 0.655 e. The zero-order valence-electron chi connectivity index (χ0n) is 7.67. The normalized spacial score (nSPS) is 12.8. The van der Waals surface area contributed by atoms with Crippen LogP contribution >= 0.6 is 0 Å². The molecule has 1 nitrogen and oxygen atoms in total. The van der Waals surface area contributed by atoms with Crippen LogP contribution in [0, 0.1) is 14.4 Å². The minimum absolute atomic E-state index is 0. The van der Waals surface area contributed by atoms with Crippen molar-refractivity contribution in [2.45, 2.75) is 20.0 Å². The number of aryl methyl sites for hydroxylation is 1. The second-order valence-corrected chi connectivity index (χ2v) is 2.81. The molecule has 0 aliphatic carbocycles. The Labute approximate surface area is 99.8 Å². The van der Waals surface area contributed by atoms with Crippen molar-refractivity contribution in [1.29, 1.82) is 0 Å². The Balaban J connectivity index is 0.000000605. The van der Waals surface area contributed by atoms with E-state index in [1.807, 2.05) is 0 Å². The Morgan fingerprint density at radius 3 is 2.58 bits per heavy atom. The zero-order chi connectivity index (χ0) is 6.97. The third-order valence-electron chi connectivity index (χ3n) is 1.93. The van der Waals surface area contributed by atoms with Crippen LogP contribution in [0.5, 0.6) is 0 Å². The van der Waals surface area contributed by atoms with Gasteiger partial charge < -0.3 is 12.7 Å². The number of hydrogen-bond acceptors (Lipinski definition) is 0. The summed E-state index contributed by atoms with van der Waals surface area (Å²) in [5.74, 6) is 0. The quantitative estimate of drug-likeness (QED) is 0.615. The molecule has 63 valence electrons. The molecule has 2 heteroatoms. The van der Waals surface area contributed by atoms with Gasteiger partial charge in [-0.15, -0.1) is 13.1 Å². The van der Waals surface area contributed by atoms with Gasteiger partial charge in [-0.2, -0.15) is 0 Å². The molecule has 1 aromatic rings. The first-order valence-electron chi connectivity index (χ1n) is 3.58. The molecule has 1 aromatic carbocycles. The van der Waals surface area contributed by atoms with E-state index in [1.54, 1.807) is 0 Å². The molecule has 0 bridgehead atoms. The van der Waals surface area contributed by atoms with Gasteiger partial charge in [0.1, 0.15) is 0 Å². The van der Waals surface area contributed by atoms with Gasteiger partial charge in [0.15, 0.2) is 0 Å². The SMILES string of the molecule is Cc1ccc2c(c1)C[N-]C2.[CH3-].[Y]. The van der Waals surface area contributed by atoms with E-state index in [4.69, 9.17) is 0 Å². The fourth-order valence-electron chi connectivity index (χ4n) is 1.35. The first kappa shape index (κ1) is 12.3. The van der Waals surface area contributed by atoms with Crippen LogP contribution < -0.4 is 0 Å². The second kappa shape index (κ2) is 5.11. The average molecular weight is 236 g/mol. The van der Waals surface area contributed by atoms with E-state index in [1.165, 1.54) is 16.7 Å². The topological polar surface area (TPSA) is 14.1 Å². The fourth-order valence-corrected chi connectivity index (χ4v) is 1.35. The molecule has 1 heterocycles. The van der Waals surface area contributed by atoms with E-state index >= 15 is 0 Å². The molecule has 0 amide bonds. The molecule has 1 aliphatic heterocycles. The minimum Gasteiger partial charge on any atom is -0.655 e. The van der Waals surface area contributed by atoms with E-state index in [0.29, 0.717) is 0 Å². The predicted octanol–water partition coefficient (Wildman–Crippen LogP) is 2.83. The molecule has 0 spiro atoms. The van der Waals surface area contributed by atoms with E-state index in [2.05, 4.69) is 30.4 Å². The van der Waals surface area contributed by atoms with E-state index in [-0.39, 0.29) is 40.1 Å². The maximum atomic E-state index is 4.29. The minimum atomic E-state index is 0. The molecular formula is C10H13NY-2. The van der Waals surface area contributed by atoms with Crippen LogP contribution in [0.4, 0.5) is 0 Å². The smallest absolute Gasteiger partial charge is 0 e. The Morgan fingerprint density at radius 1 is 1.17 bits per heavy atom. The van der Waals surface area contributed by atoms with Crippen LogP contribution in [-0.4, -0.2) is 0 Å². The van der Waals surface area contributed by atoms with Crippen molar-refractivity contribution in [3.63, 3.8) is 0 Å². The molecule has 0 atom stereocenters. The van der Waals surface area contributed by atoms with E-state index in [0.717, 1.165) is 13.1 Å². The summed E-state index contributed by atoms with van der Waals surface area (Å²) >= 11 is 0. The van der Waals surface area contributed by atoms with Gasteiger partial charge in [-0.1, -0.05) is 34.9 Å². The van der Waals surface area contributed by atoms with Crippen LogP contribution in [0.25, 0.3) is 5.32 Å². The van der Waals surface area contributed by atoms with Gasteiger partial charge in [-0.05, 0) is 6.92 Å². The van der Waals surface area contributed by atoms with Crippen molar-refractivity contribution in [1.82, 2.24) is 0 Å². The summed E-state index contributed by atoms with van der Waals surface area (Å²) < 4.78 is 0. The number of nitrogens with zero attached hydrogens (tertiary/aromatic N) is 1. The zero-order valence-corrected chi connectivity index (χ0v) is 10.5. The number of hydrogen-bond donors (Lipinski definition) is 0. The summed E-state index contributed by atoms with van der Waals surface area (Å²) in [4.78, 5) is 0. The van der Waals surface area contributed by atoms with Crippen molar-refractivity contribution in [2.75, 3.05) is 0 Å². The maximum Gasteiger partial charge on any atom is 0 e. The van der Waals surface area contributed by atoms with Gasteiger partial charge in [0.05, 0.1) is 0 Å². The maximum absolute atomic E-state index is 4.29. The van der Waals surface area contributed by atoms with E-state index < -0.39 is 0 Å². The summed E-state index contributed by atoms with van der Waals surface area (Å²) in [6.07, 6.45) is 0. The predicted molar refractivity (Wildman–Crippen MR) is 48.4 cm³/mol. The van der Waals surface area contributed by atoms with Gasteiger partial charge in [-0.3, -0.25) is 0 Å². The number of benzene rings is 1. The molecule has 0 saturated heterocycles. The van der Waals surface area contributed by atoms with Crippen LogP contribution in [0.2, 0.25) is 0 Å². The Kier molecular flexibility index (Phi) is 5.23. The second-order valence-electron chi connectivity index (χ2n) is 2.81. The van der Waals surface area contributed by atoms with Crippen molar-refractivity contribution in [3.8, 4) is 0 Å². The third-order valence-corrected chi connectivity index (χ3v) is 1.93. The average Bonchev–Trinajstić information content (AvgIpc) is 2.33. The molecule has 0 aromatic heterocycles. The van der Waals surface area contributed by atoms with Crippen LogP contribution in [0.15, 0.2) is 18.2 Å². The Hall–Kier alpha value is 0.284. The van der Waals surface area contributed by atoms with Crippen molar-refractivity contribution in [3.05, 3.63) is 47.6 Å². The van der Waals surface area contributed by atoms with Crippen molar-refractivity contribution >= 4 is 0 Å². The summed E-state index contributed by atoms with van der Waals surface area (Å²) in [6.45, 7) is 3.98. The molecular weight excluding hydrogens is 223 g/mol. The third kappa shape index (κ3) is 2.38. The van der Waals surface area contributed by atoms with E-state index in [9.17, 15) is 0 Å². The summed E-state index contributed by atoms with van der Waals surface area (Å²) in [7, 11) is 0. The molecule has 1 aliphatic rings. The fraction of sp³-hybridized carbons (Fsp3) is 0.300. The molecule has 1 radical (unpaired) electrons. The van der Waals surface area contributed by atoms with Crippen LogP contribution in [-0.2, 0) is 45.8 Å².